The topological polar surface area (TPSA) is 87.8 Å². The number of nitrogens with two attached hydrogens (primary N) is 1. The van der Waals surface area contributed by atoms with E-state index in [1.807, 2.05) is 0 Å². The number of carbonyl (C=O) groups is 1. The quantitative estimate of drug-likeness (QED) is 0.652. The first-order chi connectivity index (χ1) is 8.67. The number of anilines is 2. The maximum Gasteiger partial charge on any atom is 0.321 e. The van der Waals surface area contributed by atoms with E-state index in [0.717, 1.165) is 0 Å². The van der Waals surface area contributed by atoms with Crippen LogP contribution in [0.3, 0.4) is 0 Å². The van der Waals surface area contributed by atoms with Crippen LogP contribution in [0.5, 0.6) is 0 Å². The van der Waals surface area contributed by atoms with E-state index in [9.17, 15) is 4.79 Å². The molecule has 0 spiro atoms. The second kappa shape index (κ2) is 7.52. The Bertz CT molecular complexity index is 367. The monoisotopic (exact) mass is 253 g/mol. The molecule has 18 heavy (non-hydrogen) atoms. The van der Waals surface area contributed by atoms with E-state index >= 15 is 0 Å². The lowest BCUT2D eigenvalue weighted by Crippen LogP contribution is -2.39. The molecule has 100 valence electrons. The van der Waals surface area contributed by atoms with Crippen molar-refractivity contribution in [1.82, 2.24) is 4.90 Å². The van der Waals surface area contributed by atoms with Gasteiger partial charge in [-0.2, -0.15) is 0 Å². The molecule has 1 aromatic carbocycles. The second-order valence-corrected chi connectivity index (χ2v) is 3.76. The highest BCUT2D eigenvalue weighted by Crippen LogP contribution is 2.11. The van der Waals surface area contributed by atoms with Crippen LogP contribution in [0.4, 0.5) is 16.2 Å². The summed E-state index contributed by atoms with van der Waals surface area (Å²) in [6.45, 7) is 1.04. The van der Waals surface area contributed by atoms with E-state index in [4.69, 9.17) is 15.6 Å². The van der Waals surface area contributed by atoms with Crippen molar-refractivity contribution in [2.45, 2.75) is 0 Å². The molecule has 0 aromatic heterocycles. The standard InChI is InChI=1S/C12H19N3O3/c1-18-9-7-15(6-8-16)12(17)14-11-4-2-10(13)3-5-11/h2-5,16H,6-9,13H2,1H3,(H,14,17). The SMILES string of the molecule is COCCN(CCO)C(=O)Nc1ccc(N)cc1. The molecular weight excluding hydrogens is 234 g/mol. The molecule has 0 aliphatic heterocycles. The highest BCUT2D eigenvalue weighted by atomic mass is 16.5. The fraction of sp³-hybridized carbons (Fsp3) is 0.417. The molecule has 0 saturated carbocycles. The van der Waals surface area contributed by atoms with Gasteiger partial charge in [-0.15, -0.1) is 0 Å². The minimum absolute atomic E-state index is 0.0845. The predicted octanol–water partition coefficient (Wildman–Crippen LogP) is 0.741. The summed E-state index contributed by atoms with van der Waals surface area (Å²) in [5.74, 6) is 0. The van der Waals surface area contributed by atoms with Crippen LogP contribution in [0.15, 0.2) is 24.3 Å². The first-order valence-electron chi connectivity index (χ1n) is 5.68. The third-order valence-electron chi connectivity index (χ3n) is 2.38. The molecule has 0 unspecified atom stereocenters. The maximum atomic E-state index is 11.9. The Morgan fingerprint density at radius 3 is 2.61 bits per heavy atom. The number of aliphatic hydroxyl groups is 1. The Balaban J connectivity index is 2.57. The molecule has 0 fully saturated rings. The molecule has 6 nitrogen and oxygen atoms in total. The zero-order valence-electron chi connectivity index (χ0n) is 10.4. The van der Waals surface area contributed by atoms with E-state index in [1.54, 1.807) is 31.4 Å². The number of methoxy groups -OCH3 is 1. The maximum absolute atomic E-state index is 11.9. The van der Waals surface area contributed by atoms with Gasteiger partial charge in [0.25, 0.3) is 0 Å². The van der Waals surface area contributed by atoms with E-state index < -0.39 is 0 Å². The number of hydrogen-bond acceptors (Lipinski definition) is 4. The molecule has 0 radical (unpaired) electrons. The third-order valence-corrected chi connectivity index (χ3v) is 2.38. The molecule has 0 atom stereocenters. The number of benzene rings is 1. The number of hydrogen-bond donors (Lipinski definition) is 3. The minimum Gasteiger partial charge on any atom is -0.399 e. The van der Waals surface area contributed by atoms with Crippen LogP contribution in [0.2, 0.25) is 0 Å². The average Bonchev–Trinajstić information content (AvgIpc) is 2.37. The summed E-state index contributed by atoms with van der Waals surface area (Å²) in [4.78, 5) is 13.4. The Kier molecular flexibility index (Phi) is 5.96. The van der Waals surface area contributed by atoms with Gasteiger partial charge in [-0.25, -0.2) is 4.79 Å². The van der Waals surface area contributed by atoms with E-state index in [-0.39, 0.29) is 19.2 Å². The number of nitrogens with one attached hydrogen (secondary N) is 1. The number of nitrogen functional groups attached to an aromatic ring is 1. The van der Waals surface area contributed by atoms with Crippen LogP contribution in [0.1, 0.15) is 0 Å². The summed E-state index contributed by atoms with van der Waals surface area (Å²) in [6.07, 6.45) is 0. The highest BCUT2D eigenvalue weighted by molar-refractivity contribution is 5.89. The van der Waals surface area contributed by atoms with Gasteiger partial charge in [0, 0.05) is 31.6 Å². The van der Waals surface area contributed by atoms with Crippen molar-refractivity contribution in [3.63, 3.8) is 0 Å². The molecule has 6 heteroatoms. The number of amides is 2. The zero-order valence-corrected chi connectivity index (χ0v) is 10.4. The zero-order chi connectivity index (χ0) is 13.4. The highest BCUT2D eigenvalue weighted by Gasteiger charge is 2.12. The third kappa shape index (κ3) is 4.60. The van der Waals surface area contributed by atoms with Crippen LogP contribution in [-0.4, -0.2) is 49.5 Å². The molecule has 1 rings (SSSR count). The van der Waals surface area contributed by atoms with Crippen molar-refractivity contribution >= 4 is 17.4 Å². The first-order valence-corrected chi connectivity index (χ1v) is 5.68. The normalized spacial score (nSPS) is 10.1. The van der Waals surface area contributed by atoms with Gasteiger partial charge in [0.05, 0.1) is 13.2 Å². The smallest absolute Gasteiger partial charge is 0.321 e. The lowest BCUT2D eigenvalue weighted by molar-refractivity contribution is 0.142. The van der Waals surface area contributed by atoms with Gasteiger partial charge in [-0.05, 0) is 24.3 Å². The summed E-state index contributed by atoms with van der Waals surface area (Å²) in [6, 6.07) is 6.59. The molecule has 0 aliphatic rings. The van der Waals surface area contributed by atoms with Crippen molar-refractivity contribution in [1.29, 1.82) is 0 Å². The first kappa shape index (κ1) is 14.3. The summed E-state index contributed by atoms with van der Waals surface area (Å²) in [5, 5.41) is 11.6. The fourth-order valence-electron chi connectivity index (χ4n) is 1.41. The van der Waals surface area contributed by atoms with Crippen molar-refractivity contribution in [2.75, 3.05) is 44.5 Å². The van der Waals surface area contributed by atoms with Gasteiger partial charge in [0.1, 0.15) is 0 Å². The molecule has 0 saturated heterocycles. The lowest BCUT2D eigenvalue weighted by Gasteiger charge is -2.21. The number of ether oxygens (including phenoxy) is 1. The summed E-state index contributed by atoms with van der Waals surface area (Å²) >= 11 is 0. The van der Waals surface area contributed by atoms with Gasteiger partial charge >= 0.3 is 6.03 Å². The van der Waals surface area contributed by atoms with Gasteiger partial charge in [-0.1, -0.05) is 0 Å². The second-order valence-electron chi connectivity index (χ2n) is 3.76. The summed E-state index contributed by atoms with van der Waals surface area (Å²) < 4.78 is 4.91. The summed E-state index contributed by atoms with van der Waals surface area (Å²) in [5.41, 5.74) is 6.86. The van der Waals surface area contributed by atoms with Crippen LogP contribution in [-0.2, 0) is 4.74 Å². The van der Waals surface area contributed by atoms with Crippen LogP contribution in [0, 0.1) is 0 Å². The number of carbonyl (C=O) groups excluding carboxylic acids is 1. The largest absolute Gasteiger partial charge is 0.399 e. The average molecular weight is 253 g/mol. The van der Waals surface area contributed by atoms with Crippen LogP contribution < -0.4 is 11.1 Å². The van der Waals surface area contributed by atoms with Gasteiger partial charge in [0.2, 0.25) is 0 Å². The predicted molar refractivity (Wildman–Crippen MR) is 70.4 cm³/mol. The summed E-state index contributed by atoms with van der Waals surface area (Å²) in [7, 11) is 1.56. The number of rotatable bonds is 6. The van der Waals surface area contributed by atoms with Crippen molar-refractivity contribution in [2.24, 2.45) is 0 Å². The van der Waals surface area contributed by atoms with Gasteiger partial charge in [0.15, 0.2) is 0 Å². The van der Waals surface area contributed by atoms with Gasteiger partial charge in [-0.3, -0.25) is 0 Å². The Morgan fingerprint density at radius 2 is 2.06 bits per heavy atom. The van der Waals surface area contributed by atoms with Crippen LogP contribution in [0.25, 0.3) is 0 Å². The Labute approximate surface area is 106 Å². The van der Waals surface area contributed by atoms with E-state index in [1.165, 1.54) is 4.90 Å². The van der Waals surface area contributed by atoms with Crippen molar-refractivity contribution in [3.8, 4) is 0 Å². The molecule has 1 aromatic rings. The molecule has 0 bridgehead atoms. The molecule has 0 heterocycles. The lowest BCUT2D eigenvalue weighted by atomic mass is 10.3. The Hall–Kier alpha value is -1.79. The number of urea groups is 1. The minimum atomic E-state index is -0.272. The van der Waals surface area contributed by atoms with Gasteiger partial charge < -0.3 is 25.8 Å². The molecular formula is C12H19N3O3. The number of nitrogens with zero attached hydrogens (tertiary/aromatic N) is 1. The van der Waals surface area contributed by atoms with E-state index in [0.29, 0.717) is 24.5 Å². The fourth-order valence-corrected chi connectivity index (χ4v) is 1.41. The van der Waals surface area contributed by atoms with Crippen molar-refractivity contribution < 1.29 is 14.6 Å². The molecule has 4 N–H and O–H groups in total. The number of aliphatic hydroxyl groups excluding tert-OH is 1. The van der Waals surface area contributed by atoms with Crippen LogP contribution >= 0.6 is 0 Å². The van der Waals surface area contributed by atoms with Crippen molar-refractivity contribution in [3.05, 3.63) is 24.3 Å². The van der Waals surface area contributed by atoms with E-state index in [2.05, 4.69) is 5.32 Å². The Morgan fingerprint density at radius 1 is 1.39 bits per heavy atom. The molecule has 2 amide bonds. The molecule has 0 aliphatic carbocycles.